The molecule has 0 aromatic heterocycles. The summed E-state index contributed by atoms with van der Waals surface area (Å²) in [6, 6.07) is 14.8. The molecule has 0 bridgehead atoms. The summed E-state index contributed by atoms with van der Waals surface area (Å²) in [7, 11) is 0. The van der Waals surface area contributed by atoms with Gasteiger partial charge in [0.15, 0.2) is 0 Å². The van der Waals surface area contributed by atoms with E-state index in [-0.39, 0.29) is 5.91 Å². The molecule has 0 fully saturated rings. The van der Waals surface area contributed by atoms with Crippen molar-refractivity contribution >= 4 is 11.6 Å². The van der Waals surface area contributed by atoms with Gasteiger partial charge < -0.3 is 10.2 Å². The number of carbonyl (C=O) groups excluding carboxylic acids is 1. The molecule has 0 saturated carbocycles. The van der Waals surface area contributed by atoms with Crippen LogP contribution in [0.5, 0.6) is 0 Å². The first kappa shape index (κ1) is 18.6. The Bertz CT molecular complexity index is 905. The Labute approximate surface area is 161 Å². The van der Waals surface area contributed by atoms with Gasteiger partial charge in [-0.05, 0) is 55.0 Å². The van der Waals surface area contributed by atoms with Gasteiger partial charge in [-0.15, -0.1) is 0 Å². The summed E-state index contributed by atoms with van der Waals surface area (Å²) < 4.78 is 39.2. The molecule has 146 valence electrons. The molecular weight excluding hydrogens is 365 g/mol. The lowest BCUT2D eigenvalue weighted by molar-refractivity contribution is -0.137. The highest BCUT2D eigenvalue weighted by Gasteiger charge is 2.40. The van der Waals surface area contributed by atoms with Crippen molar-refractivity contribution in [1.29, 1.82) is 0 Å². The maximum absolute atomic E-state index is 13.1. The second-order valence-corrected chi connectivity index (χ2v) is 7.25. The summed E-state index contributed by atoms with van der Waals surface area (Å²) in [4.78, 5) is 14.8. The molecule has 1 amide bonds. The molecule has 1 unspecified atom stereocenters. The number of carbonyl (C=O) groups is 1. The molecule has 3 nitrogen and oxygen atoms in total. The zero-order valence-electron chi connectivity index (χ0n) is 15.3. The molecule has 2 aliphatic rings. The Morgan fingerprint density at radius 2 is 1.75 bits per heavy atom. The Morgan fingerprint density at radius 1 is 1.00 bits per heavy atom. The first-order chi connectivity index (χ1) is 13.4. The lowest BCUT2D eigenvalue weighted by atomic mass is 9.92. The highest BCUT2D eigenvalue weighted by atomic mass is 19.4. The van der Waals surface area contributed by atoms with Crippen LogP contribution in [0, 0.1) is 0 Å². The largest absolute Gasteiger partial charge is 0.416 e. The van der Waals surface area contributed by atoms with Crippen LogP contribution >= 0.6 is 0 Å². The van der Waals surface area contributed by atoms with Crippen LogP contribution in [0.1, 0.15) is 36.8 Å². The Hall–Kier alpha value is -2.76. The minimum Gasteiger partial charge on any atom is -0.362 e. The molecule has 1 aliphatic carbocycles. The van der Waals surface area contributed by atoms with Crippen LogP contribution in [-0.4, -0.2) is 17.0 Å². The van der Waals surface area contributed by atoms with Crippen LogP contribution < -0.4 is 5.32 Å². The zero-order chi connectivity index (χ0) is 19.7. The van der Waals surface area contributed by atoms with Crippen LogP contribution in [0.25, 0.3) is 0 Å². The van der Waals surface area contributed by atoms with Gasteiger partial charge in [-0.1, -0.05) is 36.4 Å². The van der Waals surface area contributed by atoms with Crippen molar-refractivity contribution in [3.8, 4) is 0 Å². The molecular formula is C22H21F3N2O. The molecule has 2 aromatic rings. The van der Waals surface area contributed by atoms with Crippen molar-refractivity contribution in [2.45, 2.75) is 44.6 Å². The van der Waals surface area contributed by atoms with Crippen molar-refractivity contribution in [3.63, 3.8) is 0 Å². The van der Waals surface area contributed by atoms with Crippen molar-refractivity contribution in [3.05, 3.63) is 76.9 Å². The molecule has 0 saturated heterocycles. The third-order valence-corrected chi connectivity index (χ3v) is 5.36. The second kappa shape index (κ2) is 7.34. The van der Waals surface area contributed by atoms with Crippen LogP contribution in [-0.2, 0) is 17.5 Å². The van der Waals surface area contributed by atoms with Gasteiger partial charge in [-0.2, -0.15) is 13.2 Å². The van der Waals surface area contributed by atoms with E-state index in [2.05, 4.69) is 5.32 Å². The summed E-state index contributed by atoms with van der Waals surface area (Å²) in [5, 5.41) is 3.20. The number of rotatable bonds is 4. The van der Waals surface area contributed by atoms with Gasteiger partial charge in [0.2, 0.25) is 0 Å². The van der Waals surface area contributed by atoms with Crippen LogP contribution in [0.4, 0.5) is 18.9 Å². The summed E-state index contributed by atoms with van der Waals surface area (Å²) >= 11 is 0. The van der Waals surface area contributed by atoms with Gasteiger partial charge in [0.25, 0.3) is 5.91 Å². The fraction of sp³-hybridized carbons (Fsp3) is 0.318. The average Bonchev–Trinajstić information content (AvgIpc) is 2.95. The maximum atomic E-state index is 13.1. The molecule has 28 heavy (non-hydrogen) atoms. The lowest BCUT2D eigenvalue weighted by Crippen LogP contribution is -2.40. The average molecular weight is 386 g/mol. The van der Waals surface area contributed by atoms with E-state index >= 15 is 0 Å². The molecule has 1 heterocycles. The maximum Gasteiger partial charge on any atom is 0.416 e. The molecule has 4 rings (SSSR count). The van der Waals surface area contributed by atoms with E-state index in [4.69, 9.17) is 0 Å². The SMILES string of the molecule is O=C1C2=C(CCCC2)C(Nc2cccc(C(F)(F)F)c2)N1Cc1ccccc1. The molecule has 1 N–H and O–H groups in total. The number of halogens is 3. The van der Waals surface area contributed by atoms with E-state index in [0.29, 0.717) is 12.2 Å². The van der Waals surface area contributed by atoms with Gasteiger partial charge in [0, 0.05) is 17.8 Å². The summed E-state index contributed by atoms with van der Waals surface area (Å²) in [5.41, 5.74) is 2.50. The Morgan fingerprint density at radius 3 is 2.50 bits per heavy atom. The minimum absolute atomic E-state index is 0.0111. The number of anilines is 1. The molecule has 6 heteroatoms. The quantitative estimate of drug-likeness (QED) is 0.768. The predicted octanol–water partition coefficient (Wildman–Crippen LogP) is 5.36. The van der Waals surface area contributed by atoms with Gasteiger partial charge >= 0.3 is 6.18 Å². The monoisotopic (exact) mass is 386 g/mol. The number of benzene rings is 2. The van der Waals surface area contributed by atoms with E-state index in [1.807, 2.05) is 30.3 Å². The van der Waals surface area contributed by atoms with Crippen molar-refractivity contribution < 1.29 is 18.0 Å². The highest BCUT2D eigenvalue weighted by molar-refractivity contribution is 5.98. The standard InChI is InChI=1S/C22H21F3N2O/c23-22(24,25)16-9-6-10-17(13-16)26-20-18-11-4-5-12-19(18)21(28)27(20)14-15-7-2-1-3-8-15/h1-3,6-10,13,20,26H,4-5,11-12,14H2. The predicted molar refractivity (Wildman–Crippen MR) is 101 cm³/mol. The molecule has 0 spiro atoms. The fourth-order valence-corrected chi connectivity index (χ4v) is 4.00. The van der Waals surface area contributed by atoms with E-state index in [0.717, 1.165) is 54.5 Å². The minimum atomic E-state index is -4.40. The van der Waals surface area contributed by atoms with Crippen LogP contribution in [0.3, 0.4) is 0 Å². The fourth-order valence-electron chi connectivity index (χ4n) is 4.00. The number of nitrogens with zero attached hydrogens (tertiary/aromatic N) is 1. The van der Waals surface area contributed by atoms with Crippen molar-refractivity contribution in [1.82, 2.24) is 4.90 Å². The lowest BCUT2D eigenvalue weighted by Gasteiger charge is -2.29. The molecule has 1 aliphatic heterocycles. The van der Waals surface area contributed by atoms with Gasteiger partial charge in [0.1, 0.15) is 6.17 Å². The smallest absolute Gasteiger partial charge is 0.362 e. The van der Waals surface area contributed by atoms with Gasteiger partial charge in [0.05, 0.1) is 5.56 Å². The third kappa shape index (κ3) is 3.63. The van der Waals surface area contributed by atoms with E-state index in [1.54, 1.807) is 11.0 Å². The summed E-state index contributed by atoms with van der Waals surface area (Å²) in [5.74, 6) is -0.0111. The number of amides is 1. The second-order valence-electron chi connectivity index (χ2n) is 7.25. The normalized spacial score (nSPS) is 19.8. The number of nitrogens with one attached hydrogen (secondary N) is 1. The number of hydrogen-bond donors (Lipinski definition) is 1. The van der Waals surface area contributed by atoms with E-state index < -0.39 is 17.9 Å². The molecule has 1 atom stereocenters. The van der Waals surface area contributed by atoms with E-state index in [1.165, 1.54) is 6.07 Å². The van der Waals surface area contributed by atoms with Crippen molar-refractivity contribution in [2.24, 2.45) is 0 Å². The first-order valence-corrected chi connectivity index (χ1v) is 9.44. The van der Waals surface area contributed by atoms with Crippen LogP contribution in [0.2, 0.25) is 0 Å². The summed E-state index contributed by atoms with van der Waals surface area (Å²) in [6.45, 7) is 0.420. The summed E-state index contributed by atoms with van der Waals surface area (Å²) in [6.07, 6.45) is -1.32. The van der Waals surface area contributed by atoms with E-state index in [9.17, 15) is 18.0 Å². The molecule has 0 radical (unpaired) electrons. The number of hydrogen-bond acceptors (Lipinski definition) is 2. The highest BCUT2D eigenvalue weighted by Crippen LogP contribution is 2.38. The Balaban J connectivity index is 1.65. The number of alkyl halides is 3. The van der Waals surface area contributed by atoms with Crippen LogP contribution in [0.15, 0.2) is 65.7 Å². The van der Waals surface area contributed by atoms with Crippen molar-refractivity contribution in [2.75, 3.05) is 5.32 Å². The first-order valence-electron chi connectivity index (χ1n) is 9.44. The third-order valence-electron chi connectivity index (χ3n) is 5.36. The zero-order valence-corrected chi connectivity index (χ0v) is 15.3. The van der Waals surface area contributed by atoms with Gasteiger partial charge in [-0.3, -0.25) is 4.79 Å². The molecule has 2 aromatic carbocycles. The Kier molecular flexibility index (Phi) is 4.87. The van der Waals surface area contributed by atoms with Gasteiger partial charge in [-0.25, -0.2) is 0 Å². The topological polar surface area (TPSA) is 32.3 Å².